The van der Waals surface area contributed by atoms with Crippen LogP contribution in [0.4, 0.5) is 5.13 Å². The largest absolute Gasteiger partial charge is 0.363 e. The van der Waals surface area contributed by atoms with Crippen molar-refractivity contribution in [1.29, 1.82) is 0 Å². The minimum Gasteiger partial charge on any atom is -0.363 e. The lowest BCUT2D eigenvalue weighted by atomic mass is 10.2. The van der Waals surface area contributed by atoms with E-state index >= 15 is 0 Å². The number of hydrogen-bond acceptors (Lipinski definition) is 7. The molecule has 1 atom stereocenters. The lowest BCUT2D eigenvalue weighted by Gasteiger charge is -2.12. The van der Waals surface area contributed by atoms with Crippen LogP contribution in [0.2, 0.25) is 0 Å². The molecule has 0 spiro atoms. The molecule has 0 aliphatic rings. The molecule has 0 aliphatic heterocycles. The first-order valence-electron chi connectivity index (χ1n) is 5.46. The molecule has 1 amide bonds. The van der Waals surface area contributed by atoms with E-state index < -0.39 is 0 Å². The number of hydrogen-bond donors (Lipinski definition) is 2. The number of rotatable bonds is 5. The number of thiazole rings is 1. The van der Waals surface area contributed by atoms with Crippen LogP contribution in [0.1, 0.15) is 34.2 Å². The summed E-state index contributed by atoms with van der Waals surface area (Å²) >= 11 is 2.76. The van der Waals surface area contributed by atoms with Gasteiger partial charge in [-0.1, -0.05) is 18.3 Å². The van der Waals surface area contributed by atoms with Crippen molar-refractivity contribution in [2.24, 2.45) is 0 Å². The van der Waals surface area contributed by atoms with E-state index in [1.54, 1.807) is 13.2 Å². The van der Waals surface area contributed by atoms with Crippen molar-refractivity contribution in [2.75, 3.05) is 12.4 Å². The predicted octanol–water partition coefficient (Wildman–Crippen LogP) is 1.92. The molecule has 0 aromatic carbocycles. The van der Waals surface area contributed by atoms with E-state index in [0.717, 1.165) is 11.4 Å². The van der Waals surface area contributed by atoms with Crippen molar-refractivity contribution < 1.29 is 4.79 Å². The summed E-state index contributed by atoms with van der Waals surface area (Å²) in [6.45, 7) is 2.01. The molecule has 96 valence electrons. The SMILES string of the molecule is CCC(NC(=O)c1nnc(NC)s1)c1nccs1. The molecule has 0 saturated heterocycles. The maximum Gasteiger partial charge on any atom is 0.282 e. The van der Waals surface area contributed by atoms with E-state index in [1.165, 1.54) is 22.7 Å². The highest BCUT2D eigenvalue weighted by molar-refractivity contribution is 7.17. The highest BCUT2D eigenvalue weighted by Crippen LogP contribution is 2.20. The van der Waals surface area contributed by atoms with Gasteiger partial charge in [-0.15, -0.1) is 21.5 Å². The smallest absolute Gasteiger partial charge is 0.282 e. The lowest BCUT2D eigenvalue weighted by Crippen LogP contribution is -2.28. The summed E-state index contributed by atoms with van der Waals surface area (Å²) < 4.78 is 0. The molecule has 0 radical (unpaired) electrons. The van der Waals surface area contributed by atoms with Crippen LogP contribution in [0.3, 0.4) is 0 Å². The molecule has 0 saturated carbocycles. The van der Waals surface area contributed by atoms with E-state index in [0.29, 0.717) is 10.1 Å². The molecule has 8 heteroatoms. The predicted molar refractivity (Wildman–Crippen MR) is 72.1 cm³/mol. The average Bonchev–Trinajstić information content (AvgIpc) is 3.05. The van der Waals surface area contributed by atoms with Gasteiger partial charge >= 0.3 is 0 Å². The van der Waals surface area contributed by atoms with Crippen LogP contribution < -0.4 is 10.6 Å². The van der Waals surface area contributed by atoms with Gasteiger partial charge in [0, 0.05) is 18.6 Å². The molecule has 18 heavy (non-hydrogen) atoms. The molecule has 0 fully saturated rings. The Kier molecular flexibility index (Phi) is 4.21. The summed E-state index contributed by atoms with van der Waals surface area (Å²) in [5.41, 5.74) is 0. The van der Waals surface area contributed by atoms with Crippen LogP contribution in [0.15, 0.2) is 11.6 Å². The zero-order valence-corrected chi connectivity index (χ0v) is 11.6. The first-order valence-corrected chi connectivity index (χ1v) is 7.15. The quantitative estimate of drug-likeness (QED) is 0.876. The number of aromatic nitrogens is 3. The third-order valence-corrected chi connectivity index (χ3v) is 4.12. The van der Waals surface area contributed by atoms with Crippen molar-refractivity contribution in [1.82, 2.24) is 20.5 Å². The number of nitrogens with zero attached hydrogens (tertiary/aromatic N) is 3. The van der Waals surface area contributed by atoms with Crippen molar-refractivity contribution in [3.8, 4) is 0 Å². The van der Waals surface area contributed by atoms with Crippen LogP contribution in [0, 0.1) is 0 Å². The molecule has 6 nitrogen and oxygen atoms in total. The van der Waals surface area contributed by atoms with Gasteiger partial charge in [0.25, 0.3) is 5.91 Å². The van der Waals surface area contributed by atoms with Gasteiger partial charge in [-0.05, 0) is 6.42 Å². The molecule has 2 heterocycles. The minimum atomic E-state index is -0.212. The zero-order valence-electron chi connectivity index (χ0n) is 10.0. The topological polar surface area (TPSA) is 79.8 Å². The van der Waals surface area contributed by atoms with Gasteiger partial charge in [0.15, 0.2) is 0 Å². The third-order valence-electron chi connectivity index (χ3n) is 2.30. The van der Waals surface area contributed by atoms with Crippen LogP contribution in [-0.2, 0) is 0 Å². The molecule has 2 aromatic rings. The molecule has 0 aliphatic carbocycles. The van der Waals surface area contributed by atoms with Crippen LogP contribution in [0.25, 0.3) is 0 Å². The summed E-state index contributed by atoms with van der Waals surface area (Å²) in [4.78, 5) is 16.2. The van der Waals surface area contributed by atoms with Crippen LogP contribution in [0.5, 0.6) is 0 Å². The Morgan fingerprint density at radius 3 is 2.89 bits per heavy atom. The monoisotopic (exact) mass is 283 g/mol. The summed E-state index contributed by atoms with van der Waals surface area (Å²) in [5.74, 6) is -0.212. The summed E-state index contributed by atoms with van der Waals surface area (Å²) in [6, 6.07) is -0.0700. The number of carbonyl (C=O) groups is 1. The fourth-order valence-electron chi connectivity index (χ4n) is 1.38. The number of amides is 1. The normalized spacial score (nSPS) is 12.1. The molecule has 2 aromatic heterocycles. The molecular formula is C10H13N5OS2. The summed E-state index contributed by atoms with van der Waals surface area (Å²) in [6.07, 6.45) is 2.52. The molecule has 2 N–H and O–H groups in total. The van der Waals surface area contributed by atoms with Crippen LogP contribution in [-0.4, -0.2) is 28.1 Å². The molecule has 0 bridgehead atoms. The molecule has 2 rings (SSSR count). The van der Waals surface area contributed by atoms with Gasteiger partial charge in [-0.25, -0.2) is 4.98 Å². The van der Waals surface area contributed by atoms with E-state index in [2.05, 4.69) is 25.8 Å². The van der Waals surface area contributed by atoms with Crippen LogP contribution >= 0.6 is 22.7 Å². The van der Waals surface area contributed by atoms with Gasteiger partial charge in [0.05, 0.1) is 6.04 Å². The van der Waals surface area contributed by atoms with E-state index in [1.807, 2.05) is 12.3 Å². The van der Waals surface area contributed by atoms with E-state index in [-0.39, 0.29) is 11.9 Å². The van der Waals surface area contributed by atoms with Crippen molar-refractivity contribution >= 4 is 33.7 Å². The number of anilines is 1. The van der Waals surface area contributed by atoms with Gasteiger partial charge in [-0.3, -0.25) is 4.79 Å². The van der Waals surface area contributed by atoms with Crippen molar-refractivity contribution in [3.63, 3.8) is 0 Å². The van der Waals surface area contributed by atoms with E-state index in [9.17, 15) is 4.79 Å². The Morgan fingerprint density at radius 1 is 1.50 bits per heavy atom. The fraction of sp³-hybridized carbons (Fsp3) is 0.400. The average molecular weight is 283 g/mol. The maximum atomic E-state index is 12.0. The Hall–Kier alpha value is -1.54. The second-order valence-corrected chi connectivity index (χ2v) is 5.37. The second kappa shape index (κ2) is 5.87. The van der Waals surface area contributed by atoms with Gasteiger partial charge < -0.3 is 10.6 Å². The highest BCUT2D eigenvalue weighted by Gasteiger charge is 2.18. The van der Waals surface area contributed by atoms with Gasteiger partial charge in [0.1, 0.15) is 5.01 Å². The third kappa shape index (κ3) is 2.82. The minimum absolute atomic E-state index is 0.0700. The number of carbonyl (C=O) groups excluding carboxylic acids is 1. The maximum absolute atomic E-state index is 12.0. The first kappa shape index (κ1) is 12.9. The Labute approximate surface area is 112 Å². The van der Waals surface area contributed by atoms with Crippen molar-refractivity contribution in [3.05, 3.63) is 21.6 Å². The number of nitrogens with one attached hydrogen (secondary N) is 2. The van der Waals surface area contributed by atoms with Gasteiger partial charge in [-0.2, -0.15) is 0 Å². The first-order chi connectivity index (χ1) is 8.74. The fourth-order valence-corrected chi connectivity index (χ4v) is 2.75. The highest BCUT2D eigenvalue weighted by atomic mass is 32.1. The Bertz CT molecular complexity index is 510. The standard InChI is InChI=1S/C10H13N5OS2/c1-3-6(8-12-4-5-17-8)13-7(16)9-14-15-10(11-2)18-9/h4-6H,3H2,1-2H3,(H,11,15)(H,13,16). The Balaban J connectivity index is 2.06. The van der Waals surface area contributed by atoms with E-state index in [4.69, 9.17) is 0 Å². The second-order valence-electron chi connectivity index (χ2n) is 3.47. The molecule has 1 unspecified atom stereocenters. The van der Waals surface area contributed by atoms with Gasteiger partial charge in [0.2, 0.25) is 10.1 Å². The lowest BCUT2D eigenvalue weighted by molar-refractivity contribution is 0.0934. The summed E-state index contributed by atoms with van der Waals surface area (Å²) in [5, 5.41) is 17.2. The Morgan fingerprint density at radius 2 is 2.33 bits per heavy atom. The molecular weight excluding hydrogens is 270 g/mol. The van der Waals surface area contributed by atoms with Crippen molar-refractivity contribution in [2.45, 2.75) is 19.4 Å². The zero-order chi connectivity index (χ0) is 13.0. The summed E-state index contributed by atoms with van der Waals surface area (Å²) in [7, 11) is 1.74.